The molecule has 0 radical (unpaired) electrons. The predicted octanol–water partition coefficient (Wildman–Crippen LogP) is 3.76. The molecule has 3 nitrogen and oxygen atoms in total. The Morgan fingerprint density at radius 1 is 1.26 bits per heavy atom. The molecule has 0 spiro atoms. The zero-order valence-electron chi connectivity index (χ0n) is 12.6. The second-order valence-corrected chi connectivity index (χ2v) is 4.79. The summed E-state index contributed by atoms with van der Waals surface area (Å²) in [7, 11) is 1.64. The molecule has 1 rings (SSSR count). The van der Waals surface area contributed by atoms with E-state index in [1.54, 1.807) is 7.11 Å². The number of ether oxygens (including phenoxy) is 2. The highest BCUT2D eigenvalue weighted by Crippen LogP contribution is 2.34. The number of rotatable bonds is 6. The first-order valence-corrected chi connectivity index (χ1v) is 6.86. The van der Waals surface area contributed by atoms with Crippen molar-refractivity contribution in [1.82, 2.24) is 0 Å². The van der Waals surface area contributed by atoms with Gasteiger partial charge in [0, 0.05) is 5.56 Å². The van der Waals surface area contributed by atoms with E-state index in [1.165, 1.54) is 0 Å². The van der Waals surface area contributed by atoms with Crippen molar-refractivity contribution < 1.29 is 14.3 Å². The van der Waals surface area contributed by atoms with Gasteiger partial charge in [-0.05, 0) is 44.4 Å². The minimum atomic E-state index is -0.236. The largest absolute Gasteiger partial charge is 0.496 e. The summed E-state index contributed by atoms with van der Waals surface area (Å²) in [5, 5.41) is 0. The van der Waals surface area contributed by atoms with E-state index in [-0.39, 0.29) is 11.9 Å². The molecule has 0 heterocycles. The molecule has 1 unspecified atom stereocenters. The van der Waals surface area contributed by atoms with Gasteiger partial charge < -0.3 is 9.47 Å². The highest BCUT2D eigenvalue weighted by atomic mass is 16.5. The molecule has 0 aromatic heterocycles. The Kier molecular flexibility index (Phi) is 5.87. The van der Waals surface area contributed by atoms with Crippen molar-refractivity contribution in [1.29, 1.82) is 0 Å². The van der Waals surface area contributed by atoms with Crippen LogP contribution in [0, 0.1) is 13.8 Å². The summed E-state index contributed by atoms with van der Waals surface area (Å²) in [6, 6.07) is 4.06. The predicted molar refractivity (Wildman–Crippen MR) is 76.8 cm³/mol. The SMILES string of the molecule is CCCC(C(=O)OCC)c1c(C)cc(C)cc1OC. The molecule has 0 aliphatic carbocycles. The van der Waals surface area contributed by atoms with E-state index in [2.05, 4.69) is 13.0 Å². The Balaban J connectivity index is 3.25. The minimum absolute atomic E-state index is 0.158. The summed E-state index contributed by atoms with van der Waals surface area (Å²) in [5.74, 6) is 0.388. The summed E-state index contributed by atoms with van der Waals surface area (Å²) in [6.45, 7) is 8.36. The first-order chi connectivity index (χ1) is 9.04. The Morgan fingerprint density at radius 3 is 2.47 bits per heavy atom. The fourth-order valence-corrected chi connectivity index (χ4v) is 2.47. The zero-order valence-corrected chi connectivity index (χ0v) is 12.6. The van der Waals surface area contributed by atoms with Gasteiger partial charge in [0.25, 0.3) is 0 Å². The van der Waals surface area contributed by atoms with Crippen LogP contribution in [0.1, 0.15) is 49.3 Å². The second kappa shape index (κ2) is 7.17. The van der Waals surface area contributed by atoms with Crippen LogP contribution in [0.15, 0.2) is 12.1 Å². The molecule has 1 aromatic carbocycles. The zero-order chi connectivity index (χ0) is 14.4. The molecular weight excluding hydrogens is 240 g/mol. The number of hydrogen-bond donors (Lipinski definition) is 0. The van der Waals surface area contributed by atoms with Crippen molar-refractivity contribution in [3.63, 3.8) is 0 Å². The van der Waals surface area contributed by atoms with E-state index in [1.807, 2.05) is 26.8 Å². The van der Waals surface area contributed by atoms with Crippen LogP contribution in [0.25, 0.3) is 0 Å². The van der Waals surface area contributed by atoms with Gasteiger partial charge in [-0.15, -0.1) is 0 Å². The van der Waals surface area contributed by atoms with E-state index in [0.717, 1.165) is 35.3 Å². The fraction of sp³-hybridized carbons (Fsp3) is 0.562. The van der Waals surface area contributed by atoms with Crippen LogP contribution in [-0.2, 0) is 9.53 Å². The lowest BCUT2D eigenvalue weighted by Crippen LogP contribution is -2.18. The molecule has 1 aromatic rings. The number of esters is 1. The lowest BCUT2D eigenvalue weighted by molar-refractivity contribution is -0.145. The summed E-state index contributed by atoms with van der Waals surface area (Å²) >= 11 is 0. The van der Waals surface area contributed by atoms with Crippen molar-refractivity contribution in [2.45, 2.75) is 46.5 Å². The van der Waals surface area contributed by atoms with Crippen molar-refractivity contribution in [2.24, 2.45) is 0 Å². The number of carbonyl (C=O) groups excluding carboxylic acids is 1. The molecule has 0 saturated carbocycles. The van der Waals surface area contributed by atoms with E-state index >= 15 is 0 Å². The van der Waals surface area contributed by atoms with Crippen LogP contribution < -0.4 is 4.74 Å². The highest BCUT2D eigenvalue weighted by Gasteiger charge is 2.26. The van der Waals surface area contributed by atoms with Crippen LogP contribution in [0.5, 0.6) is 5.75 Å². The van der Waals surface area contributed by atoms with E-state index in [0.29, 0.717) is 6.61 Å². The molecule has 0 N–H and O–H groups in total. The molecule has 0 saturated heterocycles. The molecular formula is C16H24O3. The van der Waals surface area contributed by atoms with Crippen LogP contribution in [0.2, 0.25) is 0 Å². The number of hydrogen-bond acceptors (Lipinski definition) is 3. The average Bonchev–Trinajstić information content (AvgIpc) is 2.36. The van der Waals surface area contributed by atoms with Gasteiger partial charge in [0.1, 0.15) is 5.75 Å². The lowest BCUT2D eigenvalue weighted by atomic mass is 9.89. The van der Waals surface area contributed by atoms with Crippen LogP contribution in [0.4, 0.5) is 0 Å². The van der Waals surface area contributed by atoms with Gasteiger partial charge >= 0.3 is 5.97 Å². The normalized spacial score (nSPS) is 12.1. The van der Waals surface area contributed by atoms with Crippen LogP contribution >= 0.6 is 0 Å². The molecule has 3 heteroatoms. The van der Waals surface area contributed by atoms with Gasteiger partial charge in [-0.3, -0.25) is 4.79 Å². The van der Waals surface area contributed by atoms with E-state index in [4.69, 9.17) is 9.47 Å². The second-order valence-electron chi connectivity index (χ2n) is 4.79. The molecule has 19 heavy (non-hydrogen) atoms. The third kappa shape index (κ3) is 3.72. The summed E-state index contributed by atoms with van der Waals surface area (Å²) in [4.78, 5) is 12.2. The quantitative estimate of drug-likeness (QED) is 0.734. The maximum atomic E-state index is 12.2. The monoisotopic (exact) mass is 264 g/mol. The van der Waals surface area contributed by atoms with Gasteiger partial charge in [0.2, 0.25) is 0 Å². The summed E-state index contributed by atoms with van der Waals surface area (Å²) < 4.78 is 10.7. The third-order valence-electron chi connectivity index (χ3n) is 3.21. The Labute approximate surface area is 115 Å². The third-order valence-corrected chi connectivity index (χ3v) is 3.21. The summed E-state index contributed by atoms with van der Waals surface area (Å²) in [6.07, 6.45) is 1.71. The molecule has 106 valence electrons. The highest BCUT2D eigenvalue weighted by molar-refractivity contribution is 5.80. The number of benzene rings is 1. The standard InChI is InChI=1S/C16H24O3/c1-6-8-13(16(17)19-7-2)15-12(4)9-11(3)10-14(15)18-5/h9-10,13H,6-8H2,1-5H3. The topological polar surface area (TPSA) is 35.5 Å². The van der Waals surface area contributed by atoms with Crippen LogP contribution in [-0.4, -0.2) is 19.7 Å². The first-order valence-electron chi connectivity index (χ1n) is 6.86. The minimum Gasteiger partial charge on any atom is -0.496 e. The molecule has 0 fully saturated rings. The van der Waals surface area contributed by atoms with Crippen molar-refractivity contribution in [3.05, 3.63) is 28.8 Å². The average molecular weight is 264 g/mol. The van der Waals surface area contributed by atoms with Crippen molar-refractivity contribution in [2.75, 3.05) is 13.7 Å². The molecule has 0 amide bonds. The Morgan fingerprint density at radius 2 is 1.95 bits per heavy atom. The van der Waals surface area contributed by atoms with Crippen LogP contribution in [0.3, 0.4) is 0 Å². The van der Waals surface area contributed by atoms with Gasteiger partial charge in [-0.1, -0.05) is 19.4 Å². The maximum absolute atomic E-state index is 12.2. The van der Waals surface area contributed by atoms with Crippen molar-refractivity contribution >= 4 is 5.97 Å². The first kappa shape index (κ1) is 15.5. The molecule has 1 atom stereocenters. The van der Waals surface area contributed by atoms with E-state index in [9.17, 15) is 4.79 Å². The molecule has 0 aliphatic rings. The van der Waals surface area contributed by atoms with E-state index < -0.39 is 0 Å². The maximum Gasteiger partial charge on any atom is 0.313 e. The Hall–Kier alpha value is -1.51. The van der Waals surface area contributed by atoms with Gasteiger partial charge in [-0.25, -0.2) is 0 Å². The molecule has 0 aliphatic heterocycles. The van der Waals surface area contributed by atoms with Crippen molar-refractivity contribution in [3.8, 4) is 5.75 Å². The van der Waals surface area contributed by atoms with Gasteiger partial charge in [0.15, 0.2) is 0 Å². The van der Waals surface area contributed by atoms with Gasteiger partial charge in [-0.2, -0.15) is 0 Å². The fourth-order valence-electron chi connectivity index (χ4n) is 2.47. The Bertz CT molecular complexity index is 438. The number of carbonyl (C=O) groups is 1. The lowest BCUT2D eigenvalue weighted by Gasteiger charge is -2.20. The summed E-state index contributed by atoms with van der Waals surface area (Å²) in [5.41, 5.74) is 3.19. The number of methoxy groups -OCH3 is 1. The number of aryl methyl sites for hydroxylation is 2. The van der Waals surface area contributed by atoms with Gasteiger partial charge in [0.05, 0.1) is 19.6 Å². The smallest absolute Gasteiger partial charge is 0.313 e. The molecule has 0 bridgehead atoms.